The Morgan fingerprint density at radius 2 is 2.12 bits per heavy atom. The predicted molar refractivity (Wildman–Crippen MR) is 93.7 cm³/mol. The zero-order valence-corrected chi connectivity index (χ0v) is 15.1. The van der Waals surface area contributed by atoms with E-state index in [2.05, 4.69) is 6.92 Å². The average molecular weight is 334 g/mol. The highest BCUT2D eigenvalue weighted by molar-refractivity contribution is 5.96. The fourth-order valence-electron chi connectivity index (χ4n) is 3.97. The lowest BCUT2D eigenvalue weighted by atomic mass is 9.79. The number of aldehydes is 1. The van der Waals surface area contributed by atoms with Crippen molar-refractivity contribution in [3.8, 4) is 0 Å². The van der Waals surface area contributed by atoms with Crippen LogP contribution in [0.5, 0.6) is 0 Å². The maximum absolute atomic E-state index is 12.0. The van der Waals surface area contributed by atoms with Gasteiger partial charge in [-0.25, -0.2) is 0 Å². The smallest absolute Gasteiger partial charge is 0.150 e. The van der Waals surface area contributed by atoms with Crippen LogP contribution in [0, 0.1) is 5.92 Å². The first-order valence-electron chi connectivity index (χ1n) is 9.07. The van der Waals surface area contributed by atoms with E-state index in [9.17, 15) is 14.7 Å². The summed E-state index contributed by atoms with van der Waals surface area (Å²) in [6.07, 6.45) is 10.3. The number of carbonyl (C=O) groups is 2. The predicted octanol–water partition coefficient (Wildman–Crippen LogP) is 3.53. The molecule has 3 atom stereocenters. The maximum Gasteiger partial charge on any atom is 0.150 e. The minimum Gasteiger partial charge on any atom is -0.386 e. The van der Waals surface area contributed by atoms with E-state index in [0.717, 1.165) is 49.7 Å². The first kappa shape index (κ1) is 19.1. The van der Waals surface area contributed by atoms with Gasteiger partial charge in [0.1, 0.15) is 23.6 Å². The summed E-state index contributed by atoms with van der Waals surface area (Å²) in [7, 11) is 0. The summed E-state index contributed by atoms with van der Waals surface area (Å²) in [5.74, 6) is -0.836. The van der Waals surface area contributed by atoms with Crippen molar-refractivity contribution in [2.24, 2.45) is 5.92 Å². The number of aliphatic hydroxyl groups is 1. The fourth-order valence-corrected chi connectivity index (χ4v) is 3.97. The van der Waals surface area contributed by atoms with Crippen molar-refractivity contribution in [2.45, 2.75) is 76.9 Å². The summed E-state index contributed by atoms with van der Waals surface area (Å²) in [5, 5.41) is 10.8. The molecule has 2 rings (SSSR count). The van der Waals surface area contributed by atoms with Crippen LogP contribution in [0.2, 0.25) is 0 Å². The van der Waals surface area contributed by atoms with Gasteiger partial charge in [0.05, 0.1) is 12.2 Å². The molecule has 0 saturated carbocycles. The summed E-state index contributed by atoms with van der Waals surface area (Å²) in [6.45, 7) is 6.12. The number of ether oxygens (including phenoxy) is 1. The fraction of sp³-hybridized carbons (Fsp3) is 0.700. The first-order chi connectivity index (χ1) is 11.3. The van der Waals surface area contributed by atoms with Gasteiger partial charge in [0.15, 0.2) is 0 Å². The van der Waals surface area contributed by atoms with Gasteiger partial charge in [-0.2, -0.15) is 0 Å². The lowest BCUT2D eigenvalue weighted by Crippen LogP contribution is -2.44. The lowest BCUT2D eigenvalue weighted by Gasteiger charge is -2.36. The molecule has 0 bridgehead atoms. The van der Waals surface area contributed by atoms with Gasteiger partial charge in [0, 0.05) is 6.42 Å². The molecule has 0 aromatic carbocycles. The van der Waals surface area contributed by atoms with Gasteiger partial charge in [-0.15, -0.1) is 0 Å². The summed E-state index contributed by atoms with van der Waals surface area (Å²) in [4.78, 5) is 23.3. The molecule has 0 aromatic rings. The Hall–Kier alpha value is -1.26. The van der Waals surface area contributed by atoms with Gasteiger partial charge >= 0.3 is 0 Å². The molecule has 0 spiro atoms. The maximum atomic E-state index is 12.0. The van der Waals surface area contributed by atoms with E-state index in [0.29, 0.717) is 19.3 Å². The Bertz CT molecular complexity index is 544. The van der Waals surface area contributed by atoms with Crippen LogP contribution in [-0.2, 0) is 14.3 Å². The van der Waals surface area contributed by atoms with E-state index >= 15 is 0 Å². The Labute approximate surface area is 145 Å². The van der Waals surface area contributed by atoms with Crippen molar-refractivity contribution in [1.82, 2.24) is 0 Å². The minimum absolute atomic E-state index is 0.0918. The van der Waals surface area contributed by atoms with E-state index in [1.165, 1.54) is 0 Å². The Balaban J connectivity index is 2.20. The van der Waals surface area contributed by atoms with Crippen LogP contribution in [0.4, 0.5) is 0 Å². The van der Waals surface area contributed by atoms with Crippen molar-refractivity contribution >= 4 is 12.1 Å². The molecule has 0 fully saturated rings. The van der Waals surface area contributed by atoms with E-state index < -0.39 is 17.1 Å². The second kappa shape index (κ2) is 7.75. The summed E-state index contributed by atoms with van der Waals surface area (Å²) in [5.41, 5.74) is 0.547. The van der Waals surface area contributed by atoms with Gasteiger partial charge in [-0.3, -0.25) is 4.79 Å². The van der Waals surface area contributed by atoms with Crippen LogP contribution in [0.15, 0.2) is 23.3 Å². The molecule has 2 aliphatic carbocycles. The van der Waals surface area contributed by atoms with Crippen molar-refractivity contribution in [2.75, 3.05) is 6.61 Å². The number of hydrogen-bond acceptors (Lipinski definition) is 4. The molecule has 134 valence electrons. The summed E-state index contributed by atoms with van der Waals surface area (Å²) < 4.78 is 6.08. The molecule has 0 heterocycles. The second-order valence-electron chi connectivity index (χ2n) is 7.47. The van der Waals surface area contributed by atoms with Crippen LogP contribution in [0.3, 0.4) is 0 Å². The van der Waals surface area contributed by atoms with E-state index in [4.69, 9.17) is 4.74 Å². The highest BCUT2D eigenvalue weighted by Gasteiger charge is 2.40. The summed E-state index contributed by atoms with van der Waals surface area (Å²) >= 11 is 0. The van der Waals surface area contributed by atoms with Gasteiger partial charge in [-0.1, -0.05) is 25.5 Å². The molecule has 24 heavy (non-hydrogen) atoms. The SMILES string of the molecule is CCCC(C)(O)C1=C(COC2(C)C=CCC(=O)C2C=O)CCCC1. The molecular weight excluding hydrogens is 304 g/mol. The molecule has 1 N–H and O–H groups in total. The molecule has 0 amide bonds. The highest BCUT2D eigenvalue weighted by atomic mass is 16.5. The number of allylic oxidation sites excluding steroid dienone is 1. The van der Waals surface area contributed by atoms with Crippen molar-refractivity contribution in [3.63, 3.8) is 0 Å². The van der Waals surface area contributed by atoms with E-state index in [-0.39, 0.29) is 5.78 Å². The molecule has 0 aromatic heterocycles. The van der Waals surface area contributed by atoms with Gasteiger partial charge in [0.2, 0.25) is 0 Å². The van der Waals surface area contributed by atoms with Crippen molar-refractivity contribution in [3.05, 3.63) is 23.3 Å². The van der Waals surface area contributed by atoms with E-state index in [1.807, 2.05) is 13.0 Å². The number of rotatable bonds is 7. The number of carbonyl (C=O) groups excluding carboxylic acids is 2. The zero-order valence-electron chi connectivity index (χ0n) is 15.1. The number of ketones is 1. The second-order valence-corrected chi connectivity index (χ2v) is 7.47. The average Bonchev–Trinajstić information content (AvgIpc) is 2.53. The van der Waals surface area contributed by atoms with Crippen molar-refractivity contribution in [1.29, 1.82) is 0 Å². The topological polar surface area (TPSA) is 63.6 Å². The standard InChI is InChI=1S/C20H30O4/c1-4-11-19(2,23)16-9-6-5-8-15(16)14-24-20(3)12-7-10-18(22)17(20)13-21/h7,12-13,17,23H,4-6,8-11,14H2,1-3H3. The molecular formula is C20H30O4. The molecule has 0 radical (unpaired) electrons. The van der Waals surface area contributed by atoms with Crippen LogP contribution >= 0.6 is 0 Å². The van der Waals surface area contributed by atoms with E-state index in [1.54, 1.807) is 13.0 Å². The van der Waals surface area contributed by atoms with Crippen LogP contribution in [-0.4, -0.2) is 35.0 Å². The monoisotopic (exact) mass is 334 g/mol. The number of hydrogen-bond donors (Lipinski definition) is 1. The Kier molecular flexibility index (Phi) is 6.16. The minimum atomic E-state index is -0.886. The molecule has 0 aliphatic heterocycles. The Morgan fingerprint density at radius 1 is 1.42 bits per heavy atom. The first-order valence-corrected chi connectivity index (χ1v) is 9.07. The lowest BCUT2D eigenvalue weighted by molar-refractivity contribution is -0.138. The highest BCUT2D eigenvalue weighted by Crippen LogP contribution is 2.37. The third-order valence-electron chi connectivity index (χ3n) is 5.39. The van der Waals surface area contributed by atoms with Crippen molar-refractivity contribution < 1.29 is 19.4 Å². The van der Waals surface area contributed by atoms with Crippen LogP contribution < -0.4 is 0 Å². The molecule has 3 unspecified atom stereocenters. The number of Topliss-reactive ketones (excluding diaryl/α,β-unsaturated/α-hetero) is 1. The largest absolute Gasteiger partial charge is 0.386 e. The molecule has 2 aliphatic rings. The van der Waals surface area contributed by atoms with Crippen LogP contribution in [0.1, 0.15) is 65.7 Å². The quantitative estimate of drug-likeness (QED) is 0.439. The van der Waals surface area contributed by atoms with Gasteiger partial charge in [0.25, 0.3) is 0 Å². The zero-order chi connectivity index (χ0) is 17.8. The molecule has 0 saturated heterocycles. The normalized spacial score (nSPS) is 30.3. The molecule has 4 heteroatoms. The van der Waals surface area contributed by atoms with Gasteiger partial charge < -0.3 is 14.6 Å². The third-order valence-corrected chi connectivity index (χ3v) is 5.39. The molecule has 4 nitrogen and oxygen atoms in total. The Morgan fingerprint density at radius 3 is 2.79 bits per heavy atom. The van der Waals surface area contributed by atoms with Crippen LogP contribution in [0.25, 0.3) is 0 Å². The third kappa shape index (κ3) is 4.04. The summed E-state index contributed by atoms with van der Waals surface area (Å²) in [6, 6.07) is 0. The van der Waals surface area contributed by atoms with Gasteiger partial charge in [-0.05, 0) is 57.1 Å².